The van der Waals surface area contributed by atoms with Gasteiger partial charge in [0.25, 0.3) is 0 Å². The van der Waals surface area contributed by atoms with Gasteiger partial charge < -0.3 is 15.0 Å². The molecule has 6 nitrogen and oxygen atoms in total. The maximum atomic E-state index is 5.81. The van der Waals surface area contributed by atoms with Gasteiger partial charge in [-0.15, -0.1) is 0 Å². The fourth-order valence-corrected chi connectivity index (χ4v) is 1.68. The van der Waals surface area contributed by atoms with E-state index in [0.717, 1.165) is 24.9 Å². The molecule has 6 heteroatoms. The lowest BCUT2D eigenvalue weighted by atomic mass is 9.93. The minimum atomic E-state index is 0.240. The molecule has 2 N–H and O–H groups in total. The summed E-state index contributed by atoms with van der Waals surface area (Å²) in [5.74, 6) is 1.13. The molecule has 20 heavy (non-hydrogen) atoms. The third kappa shape index (κ3) is 3.82. The van der Waals surface area contributed by atoms with Crippen molar-refractivity contribution in [3.8, 4) is 5.88 Å². The van der Waals surface area contributed by atoms with E-state index in [1.165, 1.54) is 0 Å². The van der Waals surface area contributed by atoms with E-state index < -0.39 is 0 Å². The number of fused-ring (bicyclic) bond motifs is 1. The highest BCUT2D eigenvalue weighted by Gasteiger charge is 2.14. The van der Waals surface area contributed by atoms with E-state index >= 15 is 0 Å². The van der Waals surface area contributed by atoms with E-state index in [1.54, 1.807) is 6.33 Å². The highest BCUT2D eigenvalue weighted by atomic mass is 16.5. The van der Waals surface area contributed by atoms with Crippen molar-refractivity contribution in [2.75, 3.05) is 18.5 Å². The average molecular weight is 277 g/mol. The summed E-state index contributed by atoms with van der Waals surface area (Å²) in [6.45, 7) is 10.1. The summed E-state index contributed by atoms with van der Waals surface area (Å²) in [6.07, 6.45) is 3.59. The van der Waals surface area contributed by atoms with E-state index in [2.05, 4.69) is 52.9 Å². The molecule has 2 aromatic rings. The number of aromatic nitrogens is 4. The van der Waals surface area contributed by atoms with Crippen molar-refractivity contribution in [2.45, 2.75) is 40.5 Å². The fraction of sp³-hybridized carbons (Fsp3) is 0.643. The monoisotopic (exact) mass is 277 g/mol. The van der Waals surface area contributed by atoms with Gasteiger partial charge in [-0.3, -0.25) is 0 Å². The summed E-state index contributed by atoms with van der Waals surface area (Å²) in [5, 5.41) is 3.17. The molecule has 0 aliphatic rings. The smallest absolute Gasteiger partial charge is 0.245 e. The van der Waals surface area contributed by atoms with Crippen LogP contribution in [-0.2, 0) is 0 Å². The van der Waals surface area contributed by atoms with Gasteiger partial charge in [-0.1, -0.05) is 27.7 Å². The van der Waals surface area contributed by atoms with Gasteiger partial charge >= 0.3 is 0 Å². The van der Waals surface area contributed by atoms with Crippen LogP contribution >= 0.6 is 0 Å². The van der Waals surface area contributed by atoms with Crippen molar-refractivity contribution in [3.05, 3.63) is 6.33 Å². The first-order valence-corrected chi connectivity index (χ1v) is 7.07. The second-order valence-electron chi connectivity index (χ2n) is 6.04. The van der Waals surface area contributed by atoms with Gasteiger partial charge in [-0.05, 0) is 18.3 Å². The molecule has 0 fully saturated rings. The van der Waals surface area contributed by atoms with Gasteiger partial charge in [0.05, 0.1) is 12.9 Å². The molecule has 0 aromatic carbocycles. The minimum Gasteiger partial charge on any atom is -0.476 e. The lowest BCUT2D eigenvalue weighted by molar-refractivity contribution is 0.238. The number of hydrogen-bond acceptors (Lipinski definition) is 5. The number of aromatic amines is 1. The summed E-state index contributed by atoms with van der Waals surface area (Å²) in [4.78, 5) is 16.0. The van der Waals surface area contributed by atoms with Crippen LogP contribution in [0.2, 0.25) is 0 Å². The van der Waals surface area contributed by atoms with E-state index in [4.69, 9.17) is 4.74 Å². The number of nitrogens with zero attached hydrogens (tertiary/aromatic N) is 3. The van der Waals surface area contributed by atoms with Crippen molar-refractivity contribution in [2.24, 2.45) is 5.41 Å². The van der Waals surface area contributed by atoms with Crippen LogP contribution in [0.4, 0.5) is 5.95 Å². The molecule has 0 atom stereocenters. The topological polar surface area (TPSA) is 75.7 Å². The van der Waals surface area contributed by atoms with Gasteiger partial charge in [0.2, 0.25) is 11.8 Å². The van der Waals surface area contributed by atoms with Crippen LogP contribution in [0.3, 0.4) is 0 Å². The first-order valence-electron chi connectivity index (χ1n) is 7.07. The molecule has 2 heterocycles. The van der Waals surface area contributed by atoms with Crippen molar-refractivity contribution in [3.63, 3.8) is 0 Å². The molecular formula is C14H23N5O. The summed E-state index contributed by atoms with van der Waals surface area (Å²) in [6, 6.07) is 0. The molecule has 0 bridgehead atoms. The second-order valence-corrected chi connectivity index (χ2v) is 6.04. The van der Waals surface area contributed by atoms with Crippen LogP contribution in [0.5, 0.6) is 5.88 Å². The molecule has 0 aliphatic heterocycles. The molecule has 0 unspecified atom stereocenters. The minimum absolute atomic E-state index is 0.240. The Morgan fingerprint density at radius 3 is 2.80 bits per heavy atom. The van der Waals surface area contributed by atoms with E-state index in [-0.39, 0.29) is 5.41 Å². The number of imidazole rings is 1. The van der Waals surface area contributed by atoms with Crippen LogP contribution in [0.25, 0.3) is 11.2 Å². The highest BCUT2D eigenvalue weighted by Crippen LogP contribution is 2.23. The molecule has 2 aromatic heterocycles. The Morgan fingerprint density at radius 1 is 1.30 bits per heavy atom. The van der Waals surface area contributed by atoms with Gasteiger partial charge in [-0.25, -0.2) is 4.98 Å². The molecular weight excluding hydrogens is 254 g/mol. The quantitative estimate of drug-likeness (QED) is 0.849. The first kappa shape index (κ1) is 14.6. The third-order valence-electron chi connectivity index (χ3n) is 2.88. The zero-order valence-corrected chi connectivity index (χ0v) is 12.7. The number of anilines is 1. The number of ether oxygens (including phenoxy) is 1. The van der Waals surface area contributed by atoms with Crippen LogP contribution < -0.4 is 10.1 Å². The number of rotatable bonds is 6. The predicted molar refractivity (Wildman–Crippen MR) is 80.0 cm³/mol. The number of hydrogen-bond donors (Lipinski definition) is 2. The molecule has 0 saturated carbocycles. The summed E-state index contributed by atoms with van der Waals surface area (Å²) >= 11 is 0. The van der Waals surface area contributed by atoms with Crippen molar-refractivity contribution >= 4 is 17.1 Å². The standard InChI is InChI=1S/C14H23N5O/c1-5-7-15-13-18-11-10(16-9-17-11)12(19-13)20-8-6-14(2,3)4/h9H,5-8H2,1-4H3,(H2,15,16,17,18,19). The summed E-state index contributed by atoms with van der Waals surface area (Å²) in [5.41, 5.74) is 1.62. The summed E-state index contributed by atoms with van der Waals surface area (Å²) < 4.78 is 5.81. The van der Waals surface area contributed by atoms with Crippen LogP contribution in [0, 0.1) is 5.41 Å². The number of H-pyrrole nitrogens is 1. The van der Waals surface area contributed by atoms with E-state index in [9.17, 15) is 0 Å². The van der Waals surface area contributed by atoms with Crippen molar-refractivity contribution in [1.29, 1.82) is 0 Å². The molecule has 0 spiro atoms. The maximum absolute atomic E-state index is 5.81. The van der Waals surface area contributed by atoms with E-state index in [0.29, 0.717) is 24.1 Å². The fourth-order valence-electron chi connectivity index (χ4n) is 1.68. The first-order chi connectivity index (χ1) is 9.49. The molecule has 0 saturated heterocycles. The van der Waals surface area contributed by atoms with E-state index in [1.807, 2.05) is 0 Å². The molecule has 0 aliphatic carbocycles. The molecule has 2 rings (SSSR count). The Balaban J connectivity index is 2.15. The lowest BCUT2D eigenvalue weighted by Crippen LogP contribution is -2.12. The molecule has 0 radical (unpaired) electrons. The molecule has 0 amide bonds. The summed E-state index contributed by atoms with van der Waals surface area (Å²) in [7, 11) is 0. The highest BCUT2D eigenvalue weighted by molar-refractivity contribution is 5.76. The predicted octanol–water partition coefficient (Wildman–Crippen LogP) is 2.99. The van der Waals surface area contributed by atoms with Crippen LogP contribution in [0.1, 0.15) is 40.5 Å². The zero-order valence-electron chi connectivity index (χ0n) is 12.7. The number of nitrogens with one attached hydrogen (secondary N) is 2. The third-order valence-corrected chi connectivity index (χ3v) is 2.88. The van der Waals surface area contributed by atoms with Crippen LogP contribution in [-0.4, -0.2) is 33.1 Å². The lowest BCUT2D eigenvalue weighted by Gasteiger charge is -2.18. The van der Waals surface area contributed by atoms with Gasteiger partial charge in [-0.2, -0.15) is 9.97 Å². The Kier molecular flexibility index (Phi) is 4.42. The van der Waals surface area contributed by atoms with Crippen molar-refractivity contribution in [1.82, 2.24) is 19.9 Å². The Bertz CT molecular complexity index is 558. The second kappa shape index (κ2) is 6.07. The SMILES string of the molecule is CCCNc1nc(OCCC(C)(C)C)c2[nH]cnc2n1. The van der Waals surface area contributed by atoms with Crippen molar-refractivity contribution < 1.29 is 4.74 Å². The largest absolute Gasteiger partial charge is 0.476 e. The average Bonchev–Trinajstić information content (AvgIpc) is 2.83. The maximum Gasteiger partial charge on any atom is 0.245 e. The Labute approximate surface area is 119 Å². The Morgan fingerprint density at radius 2 is 2.10 bits per heavy atom. The van der Waals surface area contributed by atoms with Crippen LogP contribution in [0.15, 0.2) is 6.33 Å². The van der Waals surface area contributed by atoms with Gasteiger partial charge in [0.1, 0.15) is 5.52 Å². The molecule has 110 valence electrons. The zero-order chi connectivity index (χ0) is 14.6. The van der Waals surface area contributed by atoms with Gasteiger partial charge in [0, 0.05) is 6.54 Å². The van der Waals surface area contributed by atoms with Gasteiger partial charge in [0.15, 0.2) is 5.65 Å². The normalized spacial score (nSPS) is 11.8. The Hall–Kier alpha value is -1.85.